The molecule has 5 rings (SSSR count). The van der Waals surface area contributed by atoms with E-state index in [4.69, 9.17) is 18.9 Å². The Morgan fingerprint density at radius 3 is 2.50 bits per heavy atom. The van der Waals surface area contributed by atoms with Crippen molar-refractivity contribution < 1.29 is 38.1 Å². The van der Waals surface area contributed by atoms with Crippen LogP contribution in [-0.4, -0.2) is 53.2 Å². The average molecular weight is 559 g/mol. The number of ketones is 1. The number of Topliss-reactive ketones (excluding diaryl/α,β-unsaturated/α-hetero) is 1. The lowest BCUT2D eigenvalue weighted by Crippen LogP contribution is -2.49. The van der Waals surface area contributed by atoms with E-state index in [2.05, 4.69) is 20.8 Å². The molecule has 2 aliphatic carbocycles. The van der Waals surface area contributed by atoms with Crippen molar-refractivity contribution in [2.24, 2.45) is 28.6 Å². The normalized spacial score (nSPS) is 43.8. The van der Waals surface area contributed by atoms with Crippen molar-refractivity contribution in [1.82, 2.24) is 0 Å². The highest BCUT2D eigenvalue weighted by molar-refractivity contribution is 5.89. The molecule has 4 fully saturated rings. The van der Waals surface area contributed by atoms with Gasteiger partial charge in [-0.25, -0.2) is 4.79 Å². The van der Waals surface area contributed by atoms with Crippen LogP contribution in [0, 0.1) is 28.6 Å². The Hall–Kier alpha value is -2.22. The van der Waals surface area contributed by atoms with Crippen molar-refractivity contribution in [3.63, 3.8) is 0 Å². The molecule has 40 heavy (non-hydrogen) atoms. The Labute approximate surface area is 237 Å². The van der Waals surface area contributed by atoms with Crippen molar-refractivity contribution in [3.05, 3.63) is 11.6 Å². The monoisotopic (exact) mass is 558 g/mol. The zero-order chi connectivity index (χ0) is 29.3. The van der Waals surface area contributed by atoms with Crippen LogP contribution >= 0.6 is 0 Å². The fraction of sp³-hybridized carbons (Fsp3) is 0.812. The highest BCUT2D eigenvalue weighted by atomic mass is 16.6. The van der Waals surface area contributed by atoms with Crippen molar-refractivity contribution in [1.29, 1.82) is 0 Å². The van der Waals surface area contributed by atoms with Crippen LogP contribution in [0.15, 0.2) is 11.6 Å². The second kappa shape index (κ2) is 9.95. The van der Waals surface area contributed by atoms with Gasteiger partial charge in [0.25, 0.3) is 0 Å². The summed E-state index contributed by atoms with van der Waals surface area (Å²) in [6.45, 7) is 13.9. The molecule has 3 heterocycles. The molecule has 0 bridgehead atoms. The quantitative estimate of drug-likeness (QED) is 0.342. The topological polar surface area (TPSA) is 105 Å². The summed E-state index contributed by atoms with van der Waals surface area (Å²) in [6, 6.07) is 0. The summed E-state index contributed by atoms with van der Waals surface area (Å²) in [5.74, 6) is -1.22. The fourth-order valence-corrected chi connectivity index (χ4v) is 9.28. The van der Waals surface area contributed by atoms with Crippen LogP contribution in [0.5, 0.6) is 0 Å². The highest BCUT2D eigenvalue weighted by Gasteiger charge is 2.67. The van der Waals surface area contributed by atoms with E-state index in [0.29, 0.717) is 18.4 Å². The van der Waals surface area contributed by atoms with E-state index in [1.807, 2.05) is 19.9 Å². The molecule has 0 aromatic carbocycles. The number of esters is 3. The van der Waals surface area contributed by atoms with Crippen LogP contribution in [0.1, 0.15) is 106 Å². The predicted octanol–water partition coefficient (Wildman–Crippen LogP) is 5.25. The smallest absolute Gasteiger partial charge is 0.333 e. The number of carbonyl (C=O) groups is 4. The highest BCUT2D eigenvalue weighted by Crippen LogP contribution is 2.64. The minimum atomic E-state index is -1.04. The molecule has 0 amide bonds. The van der Waals surface area contributed by atoms with Gasteiger partial charge in [-0.2, -0.15) is 0 Å². The minimum Gasteiger partial charge on any atom is -0.458 e. The third kappa shape index (κ3) is 4.62. The molecular formula is C32H46O8. The van der Waals surface area contributed by atoms with Crippen LogP contribution in [0.25, 0.3) is 0 Å². The van der Waals surface area contributed by atoms with Crippen molar-refractivity contribution in [2.75, 3.05) is 0 Å². The molecule has 0 aromatic rings. The Morgan fingerprint density at radius 1 is 1.10 bits per heavy atom. The molecule has 9 atom stereocenters. The Kier molecular flexibility index (Phi) is 7.29. The largest absolute Gasteiger partial charge is 0.458 e. The van der Waals surface area contributed by atoms with Gasteiger partial charge in [0, 0.05) is 24.8 Å². The molecule has 8 nitrogen and oxygen atoms in total. The number of ether oxygens (including phenoxy) is 4. The van der Waals surface area contributed by atoms with Gasteiger partial charge in [0.1, 0.15) is 12.2 Å². The number of cyclic esters (lactones) is 1. The molecule has 5 aliphatic rings. The second-order valence-electron chi connectivity index (χ2n) is 14.3. The first-order chi connectivity index (χ1) is 18.6. The summed E-state index contributed by atoms with van der Waals surface area (Å²) in [5, 5.41) is 0. The van der Waals surface area contributed by atoms with Crippen LogP contribution in [-0.2, 0) is 38.1 Å². The van der Waals surface area contributed by atoms with Gasteiger partial charge < -0.3 is 18.9 Å². The summed E-state index contributed by atoms with van der Waals surface area (Å²) in [6.07, 6.45) is 6.01. The second-order valence-corrected chi connectivity index (χ2v) is 14.3. The van der Waals surface area contributed by atoms with E-state index in [9.17, 15) is 19.2 Å². The summed E-state index contributed by atoms with van der Waals surface area (Å²) < 4.78 is 24.1. The van der Waals surface area contributed by atoms with Gasteiger partial charge in [0.15, 0.2) is 17.5 Å². The molecule has 0 unspecified atom stereocenters. The average Bonchev–Trinajstić information content (AvgIpc) is 3.35. The fourth-order valence-electron chi connectivity index (χ4n) is 9.28. The Morgan fingerprint density at radius 2 is 1.82 bits per heavy atom. The van der Waals surface area contributed by atoms with Crippen molar-refractivity contribution >= 4 is 23.7 Å². The van der Waals surface area contributed by atoms with E-state index < -0.39 is 29.4 Å². The molecule has 0 aromatic heterocycles. The minimum absolute atomic E-state index is 0.0211. The maximum absolute atomic E-state index is 14.2. The molecule has 2 saturated carbocycles. The summed E-state index contributed by atoms with van der Waals surface area (Å²) >= 11 is 0. The number of carbonyl (C=O) groups excluding carboxylic acids is 4. The van der Waals surface area contributed by atoms with E-state index in [-0.39, 0.29) is 65.3 Å². The first-order valence-corrected chi connectivity index (χ1v) is 15.1. The lowest BCUT2D eigenvalue weighted by Gasteiger charge is -2.49. The number of hydrogen-bond acceptors (Lipinski definition) is 8. The SMILES string of the molecule is CC(=O)O[C@@H]1C[C@]2(C)[C@@H]([C@H](C)[C@H]3CC=C(C)C(=O)O3)CC[C@@]2(C)CCC[C@H]2C(C)(C)O[C@@H]3CC(=O)O[C@@]32CC1=O. The maximum Gasteiger partial charge on any atom is 0.333 e. The van der Waals surface area contributed by atoms with Gasteiger partial charge in [0.2, 0.25) is 0 Å². The van der Waals surface area contributed by atoms with Crippen LogP contribution in [0.3, 0.4) is 0 Å². The van der Waals surface area contributed by atoms with Gasteiger partial charge in [-0.3, -0.25) is 14.4 Å². The van der Waals surface area contributed by atoms with E-state index in [1.165, 1.54) is 6.92 Å². The number of rotatable bonds is 3. The van der Waals surface area contributed by atoms with Gasteiger partial charge in [-0.1, -0.05) is 33.3 Å². The zero-order valence-electron chi connectivity index (χ0n) is 25.2. The van der Waals surface area contributed by atoms with Crippen molar-refractivity contribution in [2.45, 2.75) is 136 Å². The van der Waals surface area contributed by atoms with Gasteiger partial charge in [0.05, 0.1) is 18.4 Å². The lowest BCUT2D eigenvalue weighted by molar-refractivity contribution is -0.164. The third-order valence-electron chi connectivity index (χ3n) is 11.7. The maximum atomic E-state index is 14.2. The molecule has 3 aliphatic heterocycles. The Balaban J connectivity index is 1.52. The molecule has 0 radical (unpaired) electrons. The van der Waals surface area contributed by atoms with Gasteiger partial charge >= 0.3 is 17.9 Å². The zero-order valence-corrected chi connectivity index (χ0v) is 25.2. The molecule has 222 valence electrons. The third-order valence-corrected chi connectivity index (χ3v) is 11.7. The molecule has 2 saturated heterocycles. The summed E-state index contributed by atoms with van der Waals surface area (Å²) in [7, 11) is 0. The van der Waals surface area contributed by atoms with E-state index in [0.717, 1.165) is 32.1 Å². The molecular weight excluding hydrogens is 512 g/mol. The standard InChI is InChI=1S/C32H46O8/c1-18-10-11-23(38-28(18)36)19(2)21-12-14-30(6)13-8-9-25-29(4,5)39-26-15-27(35)40-32(25,26)16-22(34)24(37-20(3)33)17-31(21,30)7/h10,19,21,23-26H,8-9,11-17H2,1-7H3/t19-,21+,23+,24+,25-,26+,30+,31+,32+/m0/s1. The summed E-state index contributed by atoms with van der Waals surface area (Å²) in [5.41, 5.74) is -1.42. The molecule has 0 N–H and O–H groups in total. The van der Waals surface area contributed by atoms with E-state index in [1.54, 1.807) is 6.92 Å². The molecule has 1 spiro atoms. The first kappa shape index (κ1) is 29.3. The lowest BCUT2D eigenvalue weighted by atomic mass is 9.57. The summed E-state index contributed by atoms with van der Waals surface area (Å²) in [4.78, 5) is 51.5. The van der Waals surface area contributed by atoms with Crippen LogP contribution in [0.4, 0.5) is 0 Å². The first-order valence-electron chi connectivity index (χ1n) is 15.1. The van der Waals surface area contributed by atoms with Crippen LogP contribution in [0.2, 0.25) is 0 Å². The van der Waals surface area contributed by atoms with Gasteiger partial charge in [-0.15, -0.1) is 0 Å². The Bertz CT molecular complexity index is 1120. The van der Waals surface area contributed by atoms with Gasteiger partial charge in [-0.05, 0) is 75.5 Å². The number of fused-ring (bicyclic) bond motifs is 1. The predicted molar refractivity (Wildman–Crippen MR) is 146 cm³/mol. The molecule has 8 heteroatoms. The number of hydrogen-bond donors (Lipinski definition) is 0. The van der Waals surface area contributed by atoms with Crippen LogP contribution < -0.4 is 0 Å². The van der Waals surface area contributed by atoms with Crippen molar-refractivity contribution in [3.8, 4) is 0 Å². The van der Waals surface area contributed by atoms with E-state index >= 15 is 0 Å².